The van der Waals surface area contributed by atoms with E-state index in [-0.39, 0.29) is 5.91 Å². The van der Waals surface area contributed by atoms with Crippen LogP contribution in [0, 0.1) is 5.92 Å². The van der Waals surface area contributed by atoms with Crippen LogP contribution in [0.15, 0.2) is 34.8 Å². The van der Waals surface area contributed by atoms with Gasteiger partial charge in [0.2, 0.25) is 5.91 Å². The quantitative estimate of drug-likeness (QED) is 0.863. The molecule has 0 spiro atoms. The van der Waals surface area contributed by atoms with E-state index in [1.807, 2.05) is 24.3 Å². The predicted molar refractivity (Wildman–Crippen MR) is 80.1 cm³/mol. The first kappa shape index (κ1) is 14.8. The van der Waals surface area contributed by atoms with Crippen LogP contribution in [0.25, 0.3) is 6.08 Å². The molecule has 2 rings (SSSR count). The Morgan fingerprint density at radius 3 is 2.80 bits per heavy atom. The summed E-state index contributed by atoms with van der Waals surface area (Å²) in [5, 5.41) is 9.02. The van der Waals surface area contributed by atoms with E-state index in [0.717, 1.165) is 16.5 Å². The number of amides is 1. The Morgan fingerprint density at radius 1 is 1.35 bits per heavy atom. The van der Waals surface area contributed by atoms with Crippen LogP contribution < -0.4 is 0 Å². The van der Waals surface area contributed by atoms with Crippen LogP contribution in [0.5, 0.6) is 0 Å². The van der Waals surface area contributed by atoms with Gasteiger partial charge in [-0.05, 0) is 30.5 Å². The first-order valence-corrected chi connectivity index (χ1v) is 7.31. The fourth-order valence-electron chi connectivity index (χ4n) is 2.26. The molecule has 0 unspecified atom stereocenters. The third kappa shape index (κ3) is 3.70. The summed E-state index contributed by atoms with van der Waals surface area (Å²) in [6.07, 6.45) is 4.64. The van der Waals surface area contributed by atoms with E-state index in [2.05, 4.69) is 15.9 Å². The zero-order valence-electron chi connectivity index (χ0n) is 11.0. The zero-order valence-corrected chi connectivity index (χ0v) is 12.5. The molecule has 1 atom stereocenters. The molecule has 0 aromatic heterocycles. The molecule has 106 valence electrons. The maximum Gasteiger partial charge on any atom is 0.308 e. The topological polar surface area (TPSA) is 57.6 Å². The zero-order chi connectivity index (χ0) is 14.5. The summed E-state index contributed by atoms with van der Waals surface area (Å²) in [5.41, 5.74) is 0.924. The van der Waals surface area contributed by atoms with Crippen LogP contribution in [-0.2, 0) is 9.59 Å². The molecule has 5 heteroatoms. The van der Waals surface area contributed by atoms with Crippen LogP contribution in [0.1, 0.15) is 18.4 Å². The molecule has 1 N–H and O–H groups in total. The summed E-state index contributed by atoms with van der Waals surface area (Å²) in [6, 6.07) is 7.62. The third-order valence-electron chi connectivity index (χ3n) is 3.39. The minimum Gasteiger partial charge on any atom is -0.481 e. The van der Waals surface area contributed by atoms with E-state index in [1.165, 1.54) is 6.08 Å². The summed E-state index contributed by atoms with van der Waals surface area (Å²) in [5.74, 6) is -1.39. The summed E-state index contributed by atoms with van der Waals surface area (Å²) >= 11 is 3.42. The van der Waals surface area contributed by atoms with Gasteiger partial charge in [-0.2, -0.15) is 0 Å². The van der Waals surface area contributed by atoms with Gasteiger partial charge in [0.05, 0.1) is 5.92 Å². The lowest BCUT2D eigenvalue weighted by atomic mass is 9.98. The number of carboxylic acid groups (broad SMARTS) is 1. The summed E-state index contributed by atoms with van der Waals surface area (Å²) in [7, 11) is 0. The van der Waals surface area contributed by atoms with Gasteiger partial charge >= 0.3 is 5.97 Å². The van der Waals surface area contributed by atoms with E-state index >= 15 is 0 Å². The van der Waals surface area contributed by atoms with E-state index in [1.54, 1.807) is 11.0 Å². The predicted octanol–water partition coefficient (Wildman–Crippen LogP) is 2.79. The van der Waals surface area contributed by atoms with Gasteiger partial charge in [-0.15, -0.1) is 0 Å². The van der Waals surface area contributed by atoms with Crippen molar-refractivity contribution in [3.63, 3.8) is 0 Å². The molecule has 1 aliphatic heterocycles. The molecule has 20 heavy (non-hydrogen) atoms. The molecule has 0 saturated carbocycles. The van der Waals surface area contributed by atoms with Crippen molar-refractivity contribution in [3.05, 3.63) is 40.4 Å². The lowest BCUT2D eigenvalue weighted by Gasteiger charge is -2.29. The molecule has 1 heterocycles. The first-order chi connectivity index (χ1) is 9.58. The number of nitrogens with zero attached hydrogens (tertiary/aromatic N) is 1. The second-order valence-corrected chi connectivity index (χ2v) is 5.67. The third-order valence-corrected chi connectivity index (χ3v) is 4.12. The van der Waals surface area contributed by atoms with Crippen molar-refractivity contribution in [1.29, 1.82) is 0 Å². The van der Waals surface area contributed by atoms with Crippen LogP contribution >= 0.6 is 15.9 Å². The van der Waals surface area contributed by atoms with Crippen LogP contribution in [-0.4, -0.2) is 35.0 Å². The van der Waals surface area contributed by atoms with E-state index in [4.69, 9.17) is 5.11 Å². The van der Waals surface area contributed by atoms with Crippen LogP contribution in [0.2, 0.25) is 0 Å². The second kappa shape index (κ2) is 6.70. The first-order valence-electron chi connectivity index (χ1n) is 6.52. The number of benzene rings is 1. The van der Waals surface area contributed by atoms with Gasteiger partial charge < -0.3 is 10.0 Å². The molecule has 0 radical (unpaired) electrons. The van der Waals surface area contributed by atoms with Crippen molar-refractivity contribution in [2.24, 2.45) is 5.92 Å². The number of rotatable bonds is 3. The molecule has 1 aliphatic rings. The summed E-state index contributed by atoms with van der Waals surface area (Å²) in [6.45, 7) is 0.928. The number of hydrogen-bond donors (Lipinski definition) is 1. The van der Waals surface area contributed by atoms with E-state index in [9.17, 15) is 9.59 Å². The molecule has 1 fully saturated rings. The van der Waals surface area contributed by atoms with E-state index in [0.29, 0.717) is 19.5 Å². The molecular weight excluding hydrogens is 322 g/mol. The SMILES string of the molecule is O=C(O)[C@@H]1CCCN(C(=O)/C=C/c2ccccc2Br)C1. The van der Waals surface area contributed by atoms with Crippen molar-refractivity contribution in [2.75, 3.05) is 13.1 Å². The normalized spacial score (nSPS) is 19.2. The van der Waals surface area contributed by atoms with Crippen molar-refractivity contribution in [1.82, 2.24) is 4.90 Å². The summed E-state index contributed by atoms with van der Waals surface area (Å²) in [4.78, 5) is 24.7. The lowest BCUT2D eigenvalue weighted by molar-refractivity contribution is -0.144. The molecular formula is C15H16BrNO3. The fraction of sp³-hybridized carbons (Fsp3) is 0.333. The number of carbonyl (C=O) groups is 2. The standard InChI is InChI=1S/C15H16BrNO3/c16-13-6-2-1-4-11(13)7-8-14(18)17-9-3-5-12(10-17)15(19)20/h1-2,4,6-8,12H,3,5,9-10H2,(H,19,20)/b8-7+/t12-/m1/s1. The Balaban J connectivity index is 2.01. The lowest BCUT2D eigenvalue weighted by Crippen LogP contribution is -2.41. The van der Waals surface area contributed by atoms with Crippen molar-refractivity contribution < 1.29 is 14.7 Å². The van der Waals surface area contributed by atoms with Gasteiger partial charge in [-0.1, -0.05) is 34.1 Å². The van der Waals surface area contributed by atoms with Gasteiger partial charge in [-0.3, -0.25) is 9.59 Å². The largest absolute Gasteiger partial charge is 0.481 e. The van der Waals surface area contributed by atoms with Gasteiger partial charge in [0.15, 0.2) is 0 Å². The molecule has 1 amide bonds. The average Bonchev–Trinajstić information content (AvgIpc) is 2.46. The molecule has 0 aliphatic carbocycles. The van der Waals surface area contributed by atoms with Crippen molar-refractivity contribution in [2.45, 2.75) is 12.8 Å². The maximum absolute atomic E-state index is 12.1. The summed E-state index contributed by atoms with van der Waals surface area (Å²) < 4.78 is 0.922. The van der Waals surface area contributed by atoms with E-state index < -0.39 is 11.9 Å². The highest BCUT2D eigenvalue weighted by atomic mass is 79.9. The maximum atomic E-state index is 12.1. The fourth-order valence-corrected chi connectivity index (χ4v) is 2.67. The number of hydrogen-bond acceptors (Lipinski definition) is 2. The minimum atomic E-state index is -0.822. The highest BCUT2D eigenvalue weighted by molar-refractivity contribution is 9.10. The monoisotopic (exact) mass is 337 g/mol. The van der Waals surface area contributed by atoms with Crippen molar-refractivity contribution in [3.8, 4) is 0 Å². The highest BCUT2D eigenvalue weighted by Gasteiger charge is 2.27. The smallest absolute Gasteiger partial charge is 0.308 e. The highest BCUT2D eigenvalue weighted by Crippen LogP contribution is 2.19. The van der Waals surface area contributed by atoms with Gasteiger partial charge in [0.1, 0.15) is 0 Å². The Morgan fingerprint density at radius 2 is 2.10 bits per heavy atom. The van der Waals surface area contributed by atoms with Gasteiger partial charge in [-0.25, -0.2) is 0 Å². The number of halogens is 1. The van der Waals surface area contributed by atoms with Gasteiger partial charge in [0.25, 0.3) is 0 Å². The van der Waals surface area contributed by atoms with Crippen molar-refractivity contribution >= 4 is 33.9 Å². The van der Waals surface area contributed by atoms with Gasteiger partial charge in [0, 0.05) is 23.6 Å². The Hall–Kier alpha value is -1.62. The number of carbonyl (C=O) groups excluding carboxylic acids is 1. The Bertz CT molecular complexity index is 542. The Labute approximate surface area is 126 Å². The van der Waals surface area contributed by atoms with Crippen LogP contribution in [0.3, 0.4) is 0 Å². The minimum absolute atomic E-state index is 0.133. The Kier molecular flexibility index (Phi) is 4.95. The number of carboxylic acids is 1. The number of piperidine rings is 1. The number of likely N-dealkylation sites (tertiary alicyclic amines) is 1. The molecule has 1 saturated heterocycles. The average molecular weight is 338 g/mol. The van der Waals surface area contributed by atoms with Crippen LogP contribution in [0.4, 0.5) is 0 Å². The molecule has 0 bridgehead atoms. The molecule has 1 aromatic carbocycles. The second-order valence-electron chi connectivity index (χ2n) is 4.82. The molecule has 1 aromatic rings. The number of aliphatic carboxylic acids is 1. The molecule has 4 nitrogen and oxygen atoms in total.